The number of anilines is 1. The number of carbonyl (C=O) groups is 1. The Bertz CT molecular complexity index is 986. The summed E-state index contributed by atoms with van der Waals surface area (Å²) in [5.41, 5.74) is 2.44. The third-order valence-electron chi connectivity index (χ3n) is 4.43. The summed E-state index contributed by atoms with van der Waals surface area (Å²) in [6.07, 6.45) is 2.54. The van der Waals surface area contributed by atoms with Crippen molar-refractivity contribution in [2.45, 2.75) is 26.0 Å². The highest BCUT2D eigenvalue weighted by atomic mass is 16.5. The van der Waals surface area contributed by atoms with Crippen molar-refractivity contribution in [2.75, 3.05) is 11.9 Å². The molecule has 3 heterocycles. The molecule has 0 saturated heterocycles. The molecule has 1 aromatic carbocycles. The van der Waals surface area contributed by atoms with Gasteiger partial charge in [-0.1, -0.05) is 6.07 Å². The second-order valence-electron chi connectivity index (χ2n) is 6.33. The summed E-state index contributed by atoms with van der Waals surface area (Å²) in [4.78, 5) is 25.8. The number of aryl methyl sites for hydroxylation is 1. The number of fused-ring (bicyclic) bond motifs is 1. The lowest BCUT2D eigenvalue weighted by atomic mass is 10.1. The fourth-order valence-electron chi connectivity index (χ4n) is 2.99. The van der Waals surface area contributed by atoms with Crippen LogP contribution >= 0.6 is 0 Å². The van der Waals surface area contributed by atoms with Gasteiger partial charge in [0.15, 0.2) is 11.6 Å². The zero-order chi connectivity index (χ0) is 18.6. The van der Waals surface area contributed by atoms with Gasteiger partial charge < -0.3 is 19.6 Å². The van der Waals surface area contributed by atoms with Gasteiger partial charge in [0.1, 0.15) is 6.61 Å². The normalized spacial score (nSPS) is 13.2. The Labute approximate surface area is 155 Å². The fraction of sp³-hybridized carbons (Fsp3) is 0.263. The average Bonchev–Trinajstić information content (AvgIpc) is 3.12. The molecule has 0 fully saturated rings. The predicted molar refractivity (Wildman–Crippen MR) is 99.1 cm³/mol. The van der Waals surface area contributed by atoms with Crippen LogP contribution in [0.3, 0.4) is 0 Å². The summed E-state index contributed by atoms with van der Waals surface area (Å²) in [6, 6.07) is 10.7. The molecule has 8 nitrogen and oxygen atoms in total. The first kappa shape index (κ1) is 17.2. The van der Waals surface area contributed by atoms with Crippen LogP contribution in [0.1, 0.15) is 17.8 Å². The number of hydrogen-bond acceptors (Lipinski definition) is 5. The van der Waals surface area contributed by atoms with E-state index in [9.17, 15) is 9.59 Å². The minimum atomic E-state index is -0.148. The zero-order valence-corrected chi connectivity index (χ0v) is 14.6. The molecule has 3 aromatic rings. The molecule has 138 valence electrons. The molecule has 0 atom stereocenters. The molecule has 1 amide bonds. The van der Waals surface area contributed by atoms with Gasteiger partial charge in [-0.2, -0.15) is 0 Å². The predicted octanol–water partition coefficient (Wildman–Crippen LogP) is 1.73. The van der Waals surface area contributed by atoms with Gasteiger partial charge in [0.2, 0.25) is 11.5 Å². The monoisotopic (exact) mass is 365 g/mol. The van der Waals surface area contributed by atoms with Gasteiger partial charge in [0.05, 0.1) is 6.61 Å². The quantitative estimate of drug-likeness (QED) is 0.717. The number of pyridine rings is 1. The molecule has 0 spiro atoms. The van der Waals surface area contributed by atoms with E-state index >= 15 is 0 Å². The van der Waals surface area contributed by atoms with Crippen LogP contribution in [0.4, 0.5) is 5.69 Å². The summed E-state index contributed by atoms with van der Waals surface area (Å²) < 4.78 is 7.44. The second kappa shape index (κ2) is 7.55. The number of hydrogen-bond donors (Lipinski definition) is 2. The molecule has 1 aliphatic rings. The number of nitrogens with one attached hydrogen (secondary N) is 2. The third kappa shape index (κ3) is 3.95. The zero-order valence-electron chi connectivity index (χ0n) is 14.6. The van der Waals surface area contributed by atoms with Crippen LogP contribution in [0, 0.1) is 0 Å². The number of ether oxygens (including phenoxy) is 1. The largest absolute Gasteiger partial charge is 0.372 e. The number of benzene rings is 1. The van der Waals surface area contributed by atoms with Gasteiger partial charge in [0.25, 0.3) is 0 Å². The molecule has 0 aliphatic carbocycles. The number of aromatic nitrogens is 4. The van der Waals surface area contributed by atoms with Crippen molar-refractivity contribution in [1.82, 2.24) is 19.7 Å². The minimum Gasteiger partial charge on any atom is -0.372 e. The van der Waals surface area contributed by atoms with Crippen molar-refractivity contribution in [3.63, 3.8) is 0 Å². The highest BCUT2D eigenvalue weighted by Crippen LogP contribution is 2.22. The lowest BCUT2D eigenvalue weighted by molar-refractivity contribution is -0.116. The van der Waals surface area contributed by atoms with Gasteiger partial charge in [-0.05, 0) is 36.2 Å². The van der Waals surface area contributed by atoms with E-state index in [4.69, 9.17) is 4.74 Å². The average molecular weight is 365 g/mol. The second-order valence-corrected chi connectivity index (χ2v) is 6.33. The van der Waals surface area contributed by atoms with Gasteiger partial charge in [-0.25, -0.2) is 0 Å². The summed E-state index contributed by atoms with van der Waals surface area (Å²) in [5.74, 6) is 1.56. The van der Waals surface area contributed by atoms with Crippen molar-refractivity contribution in [2.24, 2.45) is 0 Å². The lowest BCUT2D eigenvalue weighted by Gasteiger charge is -2.15. The molecule has 0 unspecified atom stereocenters. The maximum Gasteiger partial charge on any atom is 0.247 e. The van der Waals surface area contributed by atoms with Crippen LogP contribution in [-0.4, -0.2) is 32.3 Å². The van der Waals surface area contributed by atoms with Crippen molar-refractivity contribution >= 4 is 11.6 Å². The van der Waals surface area contributed by atoms with E-state index in [-0.39, 0.29) is 11.5 Å². The van der Waals surface area contributed by atoms with E-state index in [0.29, 0.717) is 26.1 Å². The number of nitrogens with zero attached hydrogens (tertiary/aromatic N) is 3. The number of amides is 1. The van der Waals surface area contributed by atoms with E-state index in [1.165, 1.54) is 6.07 Å². The molecular formula is C19H19N5O3. The summed E-state index contributed by atoms with van der Waals surface area (Å²) in [7, 11) is 0. The molecule has 27 heavy (non-hydrogen) atoms. The lowest BCUT2D eigenvalue weighted by Crippen LogP contribution is -2.17. The first-order valence-corrected chi connectivity index (χ1v) is 8.77. The van der Waals surface area contributed by atoms with Crippen LogP contribution in [-0.2, 0) is 29.1 Å². The summed E-state index contributed by atoms with van der Waals surface area (Å²) in [5, 5.41) is 11.3. The van der Waals surface area contributed by atoms with E-state index < -0.39 is 0 Å². The molecule has 2 N–H and O–H groups in total. The van der Waals surface area contributed by atoms with E-state index in [1.807, 2.05) is 24.3 Å². The first-order chi connectivity index (χ1) is 13.2. The van der Waals surface area contributed by atoms with Crippen molar-refractivity contribution in [1.29, 1.82) is 0 Å². The Balaban J connectivity index is 1.37. The molecular weight excluding hydrogens is 346 g/mol. The molecule has 2 aromatic heterocycles. The van der Waals surface area contributed by atoms with E-state index in [1.54, 1.807) is 12.3 Å². The highest BCUT2D eigenvalue weighted by molar-refractivity contribution is 5.91. The number of rotatable bonds is 5. The van der Waals surface area contributed by atoms with Gasteiger partial charge in [-0.3, -0.25) is 9.59 Å². The topological polar surface area (TPSA) is 102 Å². The van der Waals surface area contributed by atoms with Crippen LogP contribution in [0.5, 0.6) is 0 Å². The summed E-state index contributed by atoms with van der Waals surface area (Å²) >= 11 is 0. The molecule has 0 radical (unpaired) electrons. The maximum absolute atomic E-state index is 12.1. The van der Waals surface area contributed by atoms with Crippen LogP contribution in [0.15, 0.2) is 47.4 Å². The highest BCUT2D eigenvalue weighted by Gasteiger charge is 2.17. The SMILES string of the molecule is O=C(CCc1ccc(=O)[nH]c1)Nc1ccc(-c2nnc3n2CCOC3)cc1. The van der Waals surface area contributed by atoms with E-state index in [0.717, 1.165) is 35.0 Å². The summed E-state index contributed by atoms with van der Waals surface area (Å²) in [6.45, 7) is 1.87. The molecule has 0 bridgehead atoms. The first-order valence-electron chi connectivity index (χ1n) is 8.77. The van der Waals surface area contributed by atoms with Crippen LogP contribution < -0.4 is 10.9 Å². The molecule has 1 aliphatic heterocycles. The Hall–Kier alpha value is -3.26. The molecule has 4 rings (SSSR count). The molecule has 8 heteroatoms. The van der Waals surface area contributed by atoms with E-state index in [2.05, 4.69) is 25.1 Å². The smallest absolute Gasteiger partial charge is 0.247 e. The molecule has 0 saturated carbocycles. The van der Waals surface area contributed by atoms with Gasteiger partial charge in [0, 0.05) is 36.5 Å². The fourth-order valence-corrected chi connectivity index (χ4v) is 2.99. The van der Waals surface area contributed by atoms with Crippen molar-refractivity contribution in [3.05, 3.63) is 64.3 Å². The van der Waals surface area contributed by atoms with Gasteiger partial charge >= 0.3 is 0 Å². The van der Waals surface area contributed by atoms with Crippen LogP contribution in [0.2, 0.25) is 0 Å². The third-order valence-corrected chi connectivity index (χ3v) is 4.43. The Morgan fingerprint density at radius 1 is 1.19 bits per heavy atom. The van der Waals surface area contributed by atoms with Crippen molar-refractivity contribution < 1.29 is 9.53 Å². The van der Waals surface area contributed by atoms with Gasteiger partial charge in [-0.15, -0.1) is 10.2 Å². The van der Waals surface area contributed by atoms with Crippen LogP contribution in [0.25, 0.3) is 11.4 Å². The Morgan fingerprint density at radius 3 is 2.81 bits per heavy atom. The minimum absolute atomic E-state index is 0.0778. The number of aromatic amines is 1. The Morgan fingerprint density at radius 2 is 2.04 bits per heavy atom. The standard InChI is InChI=1S/C19H19N5O3/c25-17-7-1-13(11-20-17)2-8-18(26)21-15-5-3-14(4-6-15)19-23-22-16-12-27-10-9-24(16)19/h1,3-7,11H,2,8-10,12H2,(H,20,25)(H,21,26). The Kier molecular flexibility index (Phi) is 4.80. The number of carbonyl (C=O) groups excluding carboxylic acids is 1. The number of H-pyrrole nitrogens is 1. The maximum atomic E-state index is 12.1. The van der Waals surface area contributed by atoms with Crippen molar-refractivity contribution in [3.8, 4) is 11.4 Å².